The SMILES string of the molecule is Cc1ccccc1N(C)C(=O)CNC(C)(C)C. The minimum Gasteiger partial charge on any atom is -0.314 e. The molecule has 0 aromatic heterocycles. The number of hydrogen-bond acceptors (Lipinski definition) is 2. The molecule has 17 heavy (non-hydrogen) atoms. The van der Waals surface area contributed by atoms with Crippen LogP contribution in [0.1, 0.15) is 26.3 Å². The third-order valence-electron chi connectivity index (χ3n) is 2.62. The maximum absolute atomic E-state index is 12.0. The molecule has 1 aromatic rings. The van der Waals surface area contributed by atoms with Gasteiger partial charge in [-0.3, -0.25) is 4.79 Å². The Hall–Kier alpha value is -1.35. The zero-order valence-electron chi connectivity index (χ0n) is 11.4. The summed E-state index contributed by atoms with van der Waals surface area (Å²) in [4.78, 5) is 13.7. The molecule has 0 aliphatic carbocycles. The van der Waals surface area contributed by atoms with Gasteiger partial charge in [0.2, 0.25) is 5.91 Å². The molecule has 0 aliphatic rings. The quantitative estimate of drug-likeness (QED) is 0.870. The fourth-order valence-corrected chi connectivity index (χ4v) is 1.53. The Labute approximate surface area is 104 Å². The summed E-state index contributed by atoms with van der Waals surface area (Å²) >= 11 is 0. The van der Waals surface area contributed by atoms with Crippen LogP contribution in [0.2, 0.25) is 0 Å². The van der Waals surface area contributed by atoms with E-state index < -0.39 is 0 Å². The molecule has 0 atom stereocenters. The lowest BCUT2D eigenvalue weighted by Gasteiger charge is -2.24. The van der Waals surface area contributed by atoms with Crippen molar-refractivity contribution >= 4 is 11.6 Å². The number of para-hydroxylation sites is 1. The van der Waals surface area contributed by atoms with Crippen molar-refractivity contribution in [1.29, 1.82) is 0 Å². The molecule has 0 fully saturated rings. The molecule has 0 saturated heterocycles. The van der Waals surface area contributed by atoms with Gasteiger partial charge < -0.3 is 10.2 Å². The van der Waals surface area contributed by atoms with E-state index in [0.29, 0.717) is 6.54 Å². The molecule has 94 valence electrons. The minimum atomic E-state index is -0.0395. The lowest BCUT2D eigenvalue weighted by Crippen LogP contribution is -2.44. The zero-order chi connectivity index (χ0) is 13.1. The molecule has 0 unspecified atom stereocenters. The largest absolute Gasteiger partial charge is 0.314 e. The Morgan fingerprint density at radius 3 is 2.41 bits per heavy atom. The number of rotatable bonds is 3. The van der Waals surface area contributed by atoms with Crippen LogP contribution in [-0.4, -0.2) is 25.0 Å². The maximum atomic E-state index is 12.0. The van der Waals surface area contributed by atoms with Crippen molar-refractivity contribution in [3.05, 3.63) is 29.8 Å². The lowest BCUT2D eigenvalue weighted by molar-refractivity contribution is -0.117. The number of nitrogens with zero attached hydrogens (tertiary/aromatic N) is 1. The molecule has 0 saturated carbocycles. The van der Waals surface area contributed by atoms with E-state index >= 15 is 0 Å². The van der Waals surface area contributed by atoms with Crippen molar-refractivity contribution in [2.45, 2.75) is 33.2 Å². The molecule has 1 aromatic carbocycles. The molecule has 1 amide bonds. The number of nitrogens with one attached hydrogen (secondary N) is 1. The van der Waals surface area contributed by atoms with Gasteiger partial charge in [-0.2, -0.15) is 0 Å². The number of carbonyl (C=O) groups is 1. The Morgan fingerprint density at radius 1 is 1.29 bits per heavy atom. The summed E-state index contributed by atoms with van der Waals surface area (Å²) in [5.41, 5.74) is 2.04. The normalized spacial score (nSPS) is 11.4. The van der Waals surface area contributed by atoms with E-state index in [1.165, 1.54) is 0 Å². The highest BCUT2D eigenvalue weighted by Gasteiger charge is 2.15. The van der Waals surface area contributed by atoms with Crippen molar-refractivity contribution < 1.29 is 4.79 Å². The summed E-state index contributed by atoms with van der Waals surface area (Å²) in [6.07, 6.45) is 0. The van der Waals surface area contributed by atoms with Gasteiger partial charge in [-0.05, 0) is 39.3 Å². The first-order valence-electron chi connectivity index (χ1n) is 5.88. The summed E-state index contributed by atoms with van der Waals surface area (Å²) in [5.74, 6) is 0.0780. The van der Waals surface area contributed by atoms with E-state index in [1.54, 1.807) is 4.90 Å². The van der Waals surface area contributed by atoms with Crippen LogP contribution in [0.5, 0.6) is 0 Å². The Bertz CT molecular complexity index is 393. The second kappa shape index (κ2) is 5.32. The zero-order valence-corrected chi connectivity index (χ0v) is 11.4. The molecule has 3 heteroatoms. The van der Waals surface area contributed by atoms with E-state index in [9.17, 15) is 4.79 Å². The molecule has 0 spiro atoms. The smallest absolute Gasteiger partial charge is 0.240 e. The van der Waals surface area contributed by atoms with Gasteiger partial charge in [-0.15, -0.1) is 0 Å². The number of anilines is 1. The Balaban J connectivity index is 2.68. The van der Waals surface area contributed by atoms with Crippen molar-refractivity contribution in [1.82, 2.24) is 5.32 Å². The molecule has 1 rings (SSSR count). The molecule has 1 N–H and O–H groups in total. The number of carbonyl (C=O) groups excluding carboxylic acids is 1. The van der Waals surface area contributed by atoms with Crippen molar-refractivity contribution in [3.8, 4) is 0 Å². The van der Waals surface area contributed by atoms with Crippen LogP contribution in [0.25, 0.3) is 0 Å². The third kappa shape index (κ3) is 4.19. The summed E-state index contributed by atoms with van der Waals surface area (Å²) in [6, 6.07) is 7.90. The highest BCUT2D eigenvalue weighted by Crippen LogP contribution is 2.17. The predicted octanol–water partition coefficient (Wildman–Crippen LogP) is 2.35. The van der Waals surface area contributed by atoms with Gasteiger partial charge in [0, 0.05) is 18.3 Å². The van der Waals surface area contributed by atoms with Crippen LogP contribution >= 0.6 is 0 Å². The summed E-state index contributed by atoms with van der Waals surface area (Å²) in [6.45, 7) is 8.51. The highest BCUT2D eigenvalue weighted by molar-refractivity contribution is 5.94. The summed E-state index contributed by atoms with van der Waals surface area (Å²) in [5, 5.41) is 3.20. The number of hydrogen-bond donors (Lipinski definition) is 1. The second-order valence-electron chi connectivity index (χ2n) is 5.34. The van der Waals surface area contributed by atoms with E-state index in [4.69, 9.17) is 0 Å². The van der Waals surface area contributed by atoms with E-state index in [-0.39, 0.29) is 11.4 Å². The Morgan fingerprint density at radius 2 is 1.88 bits per heavy atom. The van der Waals surface area contributed by atoms with Gasteiger partial charge in [0.15, 0.2) is 0 Å². The van der Waals surface area contributed by atoms with E-state index in [0.717, 1.165) is 11.3 Å². The molecule has 0 heterocycles. The third-order valence-corrected chi connectivity index (χ3v) is 2.62. The van der Waals surface area contributed by atoms with Gasteiger partial charge in [0.25, 0.3) is 0 Å². The van der Waals surface area contributed by atoms with Crippen molar-refractivity contribution in [2.24, 2.45) is 0 Å². The van der Waals surface area contributed by atoms with E-state index in [2.05, 4.69) is 5.32 Å². The minimum absolute atomic E-state index is 0.0395. The van der Waals surface area contributed by atoms with Gasteiger partial charge in [-0.1, -0.05) is 18.2 Å². The van der Waals surface area contributed by atoms with Crippen molar-refractivity contribution in [3.63, 3.8) is 0 Å². The molecule has 0 bridgehead atoms. The average molecular weight is 234 g/mol. The van der Waals surface area contributed by atoms with Gasteiger partial charge >= 0.3 is 0 Å². The lowest BCUT2D eigenvalue weighted by atomic mass is 10.1. The molecule has 0 radical (unpaired) electrons. The number of aryl methyl sites for hydroxylation is 1. The predicted molar refractivity (Wildman–Crippen MR) is 72.3 cm³/mol. The fraction of sp³-hybridized carbons (Fsp3) is 0.500. The maximum Gasteiger partial charge on any atom is 0.240 e. The van der Waals surface area contributed by atoms with Crippen LogP contribution in [0.4, 0.5) is 5.69 Å². The second-order valence-corrected chi connectivity index (χ2v) is 5.34. The summed E-state index contributed by atoms with van der Waals surface area (Å²) in [7, 11) is 1.81. The highest BCUT2D eigenvalue weighted by atomic mass is 16.2. The molecular formula is C14H22N2O. The first-order valence-corrected chi connectivity index (χ1v) is 5.88. The Kier molecular flexibility index (Phi) is 4.29. The molecular weight excluding hydrogens is 212 g/mol. The van der Waals surface area contributed by atoms with Crippen LogP contribution < -0.4 is 10.2 Å². The van der Waals surface area contributed by atoms with Gasteiger partial charge in [0.1, 0.15) is 0 Å². The number of likely N-dealkylation sites (N-methyl/N-ethyl adjacent to an activating group) is 1. The fourth-order valence-electron chi connectivity index (χ4n) is 1.53. The standard InChI is InChI=1S/C14H22N2O/c1-11-8-6-7-9-12(11)16(5)13(17)10-15-14(2,3)4/h6-9,15H,10H2,1-5H3. The van der Waals surface area contributed by atoms with Crippen LogP contribution in [-0.2, 0) is 4.79 Å². The van der Waals surface area contributed by atoms with Gasteiger partial charge in [0.05, 0.1) is 6.54 Å². The number of benzene rings is 1. The van der Waals surface area contributed by atoms with Crippen LogP contribution in [0.3, 0.4) is 0 Å². The molecule has 0 aliphatic heterocycles. The van der Waals surface area contributed by atoms with Gasteiger partial charge in [-0.25, -0.2) is 0 Å². The van der Waals surface area contributed by atoms with Crippen molar-refractivity contribution in [2.75, 3.05) is 18.5 Å². The van der Waals surface area contributed by atoms with Crippen LogP contribution in [0, 0.1) is 6.92 Å². The average Bonchev–Trinajstić information content (AvgIpc) is 2.24. The summed E-state index contributed by atoms with van der Waals surface area (Å²) < 4.78 is 0. The van der Waals surface area contributed by atoms with E-state index in [1.807, 2.05) is 59.0 Å². The van der Waals surface area contributed by atoms with Crippen LogP contribution in [0.15, 0.2) is 24.3 Å². The number of amides is 1. The monoisotopic (exact) mass is 234 g/mol. The first-order chi connectivity index (χ1) is 7.81. The first kappa shape index (κ1) is 13.7. The molecule has 3 nitrogen and oxygen atoms in total. The topological polar surface area (TPSA) is 32.3 Å².